The Morgan fingerprint density at radius 3 is 2.42 bits per heavy atom. The van der Waals surface area contributed by atoms with E-state index in [4.69, 9.17) is 4.74 Å². The number of esters is 1. The third kappa shape index (κ3) is 3.42. The Morgan fingerprint density at radius 2 is 1.81 bits per heavy atom. The van der Waals surface area contributed by atoms with E-state index < -0.39 is 12.1 Å². The molecule has 3 rings (SSSR count). The monoisotopic (exact) mass is 370 g/mol. The Bertz CT molecular complexity index is 1020. The van der Waals surface area contributed by atoms with Crippen molar-refractivity contribution in [2.75, 3.05) is 0 Å². The number of rotatable bonds is 4. The first kappa shape index (κ1) is 18.3. The summed E-state index contributed by atoms with van der Waals surface area (Å²) < 4.78 is 5.50. The summed E-state index contributed by atoms with van der Waals surface area (Å²) in [5.74, 6) is 0.322. The lowest BCUT2D eigenvalue weighted by Gasteiger charge is -2.13. The predicted molar refractivity (Wildman–Crippen MR) is 104 cm³/mol. The number of nitrogens with one attached hydrogen (secondary N) is 1. The fourth-order valence-electron chi connectivity index (χ4n) is 2.75. The molecule has 5 nitrogen and oxygen atoms in total. The minimum Gasteiger partial charge on any atom is -0.451 e. The number of thiophene rings is 1. The number of benzene rings is 1. The summed E-state index contributed by atoms with van der Waals surface area (Å²) >= 11 is 1.47. The standard InChI is InChI=1S/C20H22N2O3S/c1-10(2)14-6-8-15(9-7-14)20(24)25-12(4)17-21-18(23)16-11(3)13(5)26-19(16)22-17/h6-10,12H,1-5H3,(H,21,22,23)/t12-/m1/s1. The van der Waals surface area contributed by atoms with Crippen molar-refractivity contribution in [2.24, 2.45) is 0 Å². The summed E-state index contributed by atoms with van der Waals surface area (Å²) in [7, 11) is 0. The van der Waals surface area contributed by atoms with Crippen LogP contribution in [0.5, 0.6) is 0 Å². The normalized spacial score (nSPS) is 12.5. The molecule has 0 amide bonds. The lowest BCUT2D eigenvalue weighted by molar-refractivity contribution is 0.0320. The van der Waals surface area contributed by atoms with Gasteiger partial charge in [-0.2, -0.15) is 0 Å². The molecule has 1 N–H and O–H groups in total. The topological polar surface area (TPSA) is 72.0 Å². The van der Waals surface area contributed by atoms with Gasteiger partial charge in [0, 0.05) is 4.88 Å². The Kier molecular flexibility index (Phi) is 4.96. The number of aryl methyl sites for hydroxylation is 2. The van der Waals surface area contributed by atoms with Crippen LogP contribution in [0.15, 0.2) is 29.1 Å². The van der Waals surface area contributed by atoms with Gasteiger partial charge < -0.3 is 9.72 Å². The molecular formula is C20H22N2O3S. The van der Waals surface area contributed by atoms with Crippen LogP contribution < -0.4 is 5.56 Å². The number of carbonyl (C=O) groups is 1. The Morgan fingerprint density at radius 1 is 1.15 bits per heavy atom. The maximum absolute atomic E-state index is 12.4. The quantitative estimate of drug-likeness (QED) is 0.679. The van der Waals surface area contributed by atoms with Gasteiger partial charge in [0.15, 0.2) is 11.9 Å². The van der Waals surface area contributed by atoms with Gasteiger partial charge in [-0.3, -0.25) is 4.79 Å². The highest BCUT2D eigenvalue weighted by Gasteiger charge is 2.19. The van der Waals surface area contributed by atoms with Crippen molar-refractivity contribution in [3.63, 3.8) is 0 Å². The van der Waals surface area contributed by atoms with E-state index in [1.54, 1.807) is 19.1 Å². The first-order valence-corrected chi connectivity index (χ1v) is 9.40. The molecule has 1 atom stereocenters. The highest BCUT2D eigenvalue weighted by atomic mass is 32.1. The van der Waals surface area contributed by atoms with Gasteiger partial charge in [-0.15, -0.1) is 11.3 Å². The van der Waals surface area contributed by atoms with Crippen LogP contribution in [0, 0.1) is 13.8 Å². The molecule has 0 aliphatic carbocycles. The summed E-state index contributed by atoms with van der Waals surface area (Å²) in [6.07, 6.45) is -0.646. The molecule has 0 spiro atoms. The van der Waals surface area contributed by atoms with Crippen LogP contribution in [-0.4, -0.2) is 15.9 Å². The number of carbonyl (C=O) groups excluding carboxylic acids is 1. The van der Waals surface area contributed by atoms with E-state index in [1.165, 1.54) is 11.3 Å². The van der Waals surface area contributed by atoms with Crippen molar-refractivity contribution in [3.05, 3.63) is 62.0 Å². The van der Waals surface area contributed by atoms with Gasteiger partial charge in [0.1, 0.15) is 4.83 Å². The minimum atomic E-state index is -0.646. The highest BCUT2D eigenvalue weighted by molar-refractivity contribution is 7.18. The molecule has 26 heavy (non-hydrogen) atoms. The molecule has 3 aromatic rings. The number of aromatic nitrogens is 2. The fourth-order valence-corrected chi connectivity index (χ4v) is 3.79. The first-order valence-electron chi connectivity index (χ1n) is 8.58. The van der Waals surface area contributed by atoms with Gasteiger partial charge in [-0.05, 0) is 49.9 Å². The Balaban J connectivity index is 1.83. The molecule has 0 unspecified atom stereocenters. The van der Waals surface area contributed by atoms with E-state index in [-0.39, 0.29) is 5.56 Å². The van der Waals surface area contributed by atoms with Crippen LogP contribution in [0.2, 0.25) is 0 Å². The maximum atomic E-state index is 12.4. The second-order valence-corrected chi connectivity index (χ2v) is 7.94. The van der Waals surface area contributed by atoms with E-state index in [2.05, 4.69) is 23.8 Å². The minimum absolute atomic E-state index is 0.198. The number of H-pyrrole nitrogens is 1. The zero-order chi connectivity index (χ0) is 19.0. The zero-order valence-corrected chi connectivity index (χ0v) is 16.4. The third-order valence-corrected chi connectivity index (χ3v) is 5.64. The second-order valence-electron chi connectivity index (χ2n) is 6.74. The predicted octanol–water partition coefficient (Wildman–Crippen LogP) is 4.64. The summed E-state index contributed by atoms with van der Waals surface area (Å²) in [6.45, 7) is 9.78. The molecule has 0 bridgehead atoms. The van der Waals surface area contributed by atoms with Gasteiger partial charge in [-0.25, -0.2) is 9.78 Å². The van der Waals surface area contributed by atoms with Gasteiger partial charge in [0.2, 0.25) is 0 Å². The van der Waals surface area contributed by atoms with Crippen LogP contribution in [0.3, 0.4) is 0 Å². The summed E-state index contributed by atoms with van der Waals surface area (Å²) in [6, 6.07) is 7.37. The molecule has 136 valence electrons. The van der Waals surface area contributed by atoms with Crippen molar-refractivity contribution >= 4 is 27.5 Å². The van der Waals surface area contributed by atoms with E-state index in [9.17, 15) is 9.59 Å². The molecule has 6 heteroatoms. The average molecular weight is 370 g/mol. The molecular weight excluding hydrogens is 348 g/mol. The third-order valence-electron chi connectivity index (χ3n) is 4.54. The Labute approximate surface area is 156 Å². The molecule has 2 heterocycles. The molecule has 0 aliphatic rings. The van der Waals surface area contributed by atoms with Crippen molar-refractivity contribution < 1.29 is 9.53 Å². The lowest BCUT2D eigenvalue weighted by atomic mass is 10.0. The average Bonchev–Trinajstić information content (AvgIpc) is 2.89. The molecule has 0 radical (unpaired) electrons. The molecule has 0 saturated carbocycles. The fraction of sp³-hybridized carbons (Fsp3) is 0.350. The van der Waals surface area contributed by atoms with Crippen LogP contribution >= 0.6 is 11.3 Å². The number of hydrogen-bond donors (Lipinski definition) is 1. The molecule has 2 aromatic heterocycles. The molecule has 0 aliphatic heterocycles. The van der Waals surface area contributed by atoms with Crippen LogP contribution in [0.1, 0.15) is 65.0 Å². The summed E-state index contributed by atoms with van der Waals surface area (Å²) in [5, 5.41) is 0.610. The van der Waals surface area contributed by atoms with Crippen molar-refractivity contribution in [1.29, 1.82) is 0 Å². The lowest BCUT2D eigenvalue weighted by Crippen LogP contribution is -2.17. The van der Waals surface area contributed by atoms with Crippen LogP contribution in [0.25, 0.3) is 10.2 Å². The number of ether oxygens (including phenoxy) is 1. The van der Waals surface area contributed by atoms with E-state index in [1.807, 2.05) is 26.0 Å². The summed E-state index contributed by atoms with van der Waals surface area (Å²) in [5.41, 5.74) is 2.39. The Hall–Kier alpha value is -2.47. The van der Waals surface area contributed by atoms with Crippen molar-refractivity contribution in [1.82, 2.24) is 9.97 Å². The maximum Gasteiger partial charge on any atom is 0.338 e. The van der Waals surface area contributed by atoms with Crippen LogP contribution in [0.4, 0.5) is 0 Å². The largest absolute Gasteiger partial charge is 0.451 e. The zero-order valence-electron chi connectivity index (χ0n) is 15.5. The SMILES string of the molecule is Cc1sc2nc([C@@H](C)OC(=O)c3ccc(C(C)C)cc3)[nH]c(=O)c2c1C. The van der Waals surface area contributed by atoms with Gasteiger partial charge in [0.25, 0.3) is 5.56 Å². The van der Waals surface area contributed by atoms with E-state index in [0.29, 0.717) is 27.5 Å². The van der Waals surface area contributed by atoms with Gasteiger partial charge >= 0.3 is 5.97 Å². The smallest absolute Gasteiger partial charge is 0.338 e. The van der Waals surface area contributed by atoms with E-state index >= 15 is 0 Å². The highest BCUT2D eigenvalue weighted by Crippen LogP contribution is 2.27. The number of aromatic amines is 1. The van der Waals surface area contributed by atoms with Gasteiger partial charge in [0.05, 0.1) is 10.9 Å². The van der Waals surface area contributed by atoms with Crippen LogP contribution in [-0.2, 0) is 4.74 Å². The molecule has 0 saturated heterocycles. The van der Waals surface area contributed by atoms with E-state index in [0.717, 1.165) is 16.0 Å². The van der Waals surface area contributed by atoms with Crippen molar-refractivity contribution in [3.8, 4) is 0 Å². The first-order chi connectivity index (χ1) is 12.3. The molecule has 1 aromatic carbocycles. The number of hydrogen-bond acceptors (Lipinski definition) is 5. The molecule has 0 fully saturated rings. The number of nitrogens with zero attached hydrogens (tertiary/aromatic N) is 1. The van der Waals surface area contributed by atoms with Gasteiger partial charge in [-0.1, -0.05) is 26.0 Å². The van der Waals surface area contributed by atoms with Crippen molar-refractivity contribution in [2.45, 2.75) is 46.6 Å². The second kappa shape index (κ2) is 7.03. The summed E-state index contributed by atoms with van der Waals surface area (Å²) in [4.78, 5) is 33.7. The number of fused-ring (bicyclic) bond motifs is 1.